The molecular formula is C30H23ClN4O5S. The predicted octanol–water partition coefficient (Wildman–Crippen LogP) is 6.16. The van der Waals surface area contributed by atoms with Gasteiger partial charge in [-0.2, -0.15) is 5.10 Å². The van der Waals surface area contributed by atoms with Crippen molar-refractivity contribution in [2.45, 2.75) is 6.54 Å². The second kappa shape index (κ2) is 13.0. The second-order valence-corrected chi connectivity index (χ2v) is 10.1. The number of thioether (sulfide) groups is 1. The molecule has 1 fully saturated rings. The van der Waals surface area contributed by atoms with Crippen LogP contribution in [0.4, 0.5) is 5.69 Å². The molecular weight excluding hydrogens is 564 g/mol. The Morgan fingerprint density at radius 3 is 2.59 bits per heavy atom. The number of benzene rings is 3. The summed E-state index contributed by atoms with van der Waals surface area (Å²) in [7, 11) is 0. The molecule has 2 heterocycles. The summed E-state index contributed by atoms with van der Waals surface area (Å²) in [4.78, 5) is 27.8. The van der Waals surface area contributed by atoms with Crippen molar-refractivity contribution in [3.05, 3.63) is 118 Å². The highest BCUT2D eigenvalue weighted by Gasteiger charge is 2.34. The van der Waals surface area contributed by atoms with Crippen LogP contribution >= 0.6 is 23.4 Å². The Morgan fingerprint density at radius 2 is 1.83 bits per heavy atom. The van der Waals surface area contributed by atoms with E-state index in [-0.39, 0.29) is 30.7 Å². The molecule has 0 spiro atoms. The van der Waals surface area contributed by atoms with Crippen LogP contribution in [0.2, 0.25) is 5.02 Å². The van der Waals surface area contributed by atoms with Crippen LogP contribution in [0.5, 0.6) is 11.5 Å². The Hall–Kier alpha value is -4.80. The summed E-state index contributed by atoms with van der Waals surface area (Å²) in [6, 6.07) is 23.9. The van der Waals surface area contributed by atoms with E-state index < -0.39 is 0 Å². The van der Waals surface area contributed by atoms with Gasteiger partial charge in [0, 0.05) is 16.3 Å². The SMILES string of the molecule is O=C(COc1ccccc1/C=C1\S/C(=N\N=C\c2ccc(O)cc2)N(Cc2ccco2)C1=O)Nc1ccc(Cl)cc1. The van der Waals surface area contributed by atoms with Crippen LogP contribution < -0.4 is 10.1 Å². The number of furan rings is 1. The normalized spacial score (nSPS) is 15.2. The maximum atomic E-state index is 13.4. The van der Waals surface area contributed by atoms with E-state index in [1.165, 1.54) is 17.4 Å². The van der Waals surface area contributed by atoms with Gasteiger partial charge in [0.05, 0.1) is 23.9 Å². The fourth-order valence-electron chi connectivity index (χ4n) is 3.73. The van der Waals surface area contributed by atoms with Crippen LogP contribution in [0.15, 0.2) is 111 Å². The number of phenolic OH excluding ortho intramolecular Hbond substituents is 1. The van der Waals surface area contributed by atoms with Crippen molar-refractivity contribution in [2.75, 3.05) is 11.9 Å². The second-order valence-electron chi connectivity index (χ2n) is 8.68. The van der Waals surface area contributed by atoms with Crippen molar-refractivity contribution in [3.63, 3.8) is 0 Å². The lowest BCUT2D eigenvalue weighted by atomic mass is 10.2. The molecule has 0 saturated carbocycles. The van der Waals surface area contributed by atoms with E-state index in [1.807, 2.05) is 6.07 Å². The van der Waals surface area contributed by atoms with Crippen molar-refractivity contribution >= 4 is 58.3 Å². The average molecular weight is 587 g/mol. The number of ether oxygens (including phenoxy) is 1. The van der Waals surface area contributed by atoms with Gasteiger partial charge in [0.1, 0.15) is 17.3 Å². The first kappa shape index (κ1) is 27.8. The minimum Gasteiger partial charge on any atom is -0.508 e. The summed E-state index contributed by atoms with van der Waals surface area (Å²) < 4.78 is 11.2. The molecule has 1 aliphatic heterocycles. The van der Waals surface area contributed by atoms with Gasteiger partial charge in [0.15, 0.2) is 11.8 Å². The van der Waals surface area contributed by atoms with E-state index >= 15 is 0 Å². The predicted molar refractivity (Wildman–Crippen MR) is 160 cm³/mol. The molecule has 2 N–H and O–H groups in total. The Labute approximate surface area is 244 Å². The van der Waals surface area contributed by atoms with Crippen LogP contribution in [0, 0.1) is 0 Å². The lowest BCUT2D eigenvalue weighted by Crippen LogP contribution is -2.28. The van der Waals surface area contributed by atoms with E-state index in [1.54, 1.807) is 84.9 Å². The lowest BCUT2D eigenvalue weighted by Gasteiger charge is -2.12. The van der Waals surface area contributed by atoms with Crippen molar-refractivity contribution in [1.82, 2.24) is 4.90 Å². The number of carbonyl (C=O) groups excluding carboxylic acids is 2. The van der Waals surface area contributed by atoms with Gasteiger partial charge in [-0.05, 0) is 90.1 Å². The Balaban J connectivity index is 1.33. The number of hydrogen-bond donors (Lipinski definition) is 2. The quantitative estimate of drug-likeness (QED) is 0.138. The number of carbonyl (C=O) groups is 2. The summed E-state index contributed by atoms with van der Waals surface area (Å²) in [6.45, 7) is -0.0556. The zero-order valence-corrected chi connectivity index (χ0v) is 23.0. The van der Waals surface area contributed by atoms with Gasteiger partial charge >= 0.3 is 0 Å². The summed E-state index contributed by atoms with van der Waals surface area (Å²) >= 11 is 7.06. The topological polar surface area (TPSA) is 117 Å². The summed E-state index contributed by atoms with van der Waals surface area (Å²) in [6.07, 6.45) is 4.76. The van der Waals surface area contributed by atoms with Gasteiger partial charge in [-0.3, -0.25) is 14.5 Å². The summed E-state index contributed by atoms with van der Waals surface area (Å²) in [5.74, 6) is 0.557. The largest absolute Gasteiger partial charge is 0.508 e. The summed E-state index contributed by atoms with van der Waals surface area (Å²) in [5.41, 5.74) is 1.96. The van der Waals surface area contributed by atoms with Crippen molar-refractivity contribution in [1.29, 1.82) is 0 Å². The molecule has 3 aromatic carbocycles. The van der Waals surface area contributed by atoms with Crippen LogP contribution in [0.1, 0.15) is 16.9 Å². The fourth-order valence-corrected chi connectivity index (χ4v) is 4.78. The molecule has 206 valence electrons. The molecule has 1 aliphatic rings. The maximum Gasteiger partial charge on any atom is 0.267 e. The van der Waals surface area contributed by atoms with Crippen molar-refractivity contribution in [3.8, 4) is 11.5 Å². The number of halogens is 1. The fraction of sp³-hybridized carbons (Fsp3) is 0.0667. The number of nitrogens with zero attached hydrogens (tertiary/aromatic N) is 3. The minimum absolute atomic E-state index is 0.149. The molecule has 9 nitrogen and oxygen atoms in total. The van der Waals surface area contributed by atoms with Crippen molar-refractivity contribution < 1.29 is 23.8 Å². The Bertz CT molecular complexity index is 1620. The van der Waals surface area contributed by atoms with Crippen molar-refractivity contribution in [2.24, 2.45) is 10.2 Å². The van der Waals surface area contributed by atoms with Gasteiger partial charge in [-0.15, -0.1) is 5.10 Å². The molecule has 0 aliphatic carbocycles. The number of phenols is 1. The molecule has 41 heavy (non-hydrogen) atoms. The highest BCUT2D eigenvalue weighted by atomic mass is 35.5. The molecule has 0 radical (unpaired) electrons. The van der Waals surface area contributed by atoms with E-state index in [2.05, 4.69) is 15.5 Å². The van der Waals surface area contributed by atoms with Crippen LogP contribution in [-0.4, -0.2) is 39.8 Å². The lowest BCUT2D eigenvalue weighted by molar-refractivity contribution is -0.122. The van der Waals surface area contributed by atoms with Gasteiger partial charge in [0.2, 0.25) is 0 Å². The number of para-hydroxylation sites is 1. The molecule has 1 saturated heterocycles. The number of amides is 2. The molecule has 5 rings (SSSR count). The molecule has 0 bridgehead atoms. The number of anilines is 1. The van der Waals surface area contributed by atoms with Gasteiger partial charge in [0.25, 0.3) is 11.8 Å². The molecule has 1 aromatic heterocycles. The Morgan fingerprint density at radius 1 is 1.05 bits per heavy atom. The summed E-state index contributed by atoms with van der Waals surface area (Å²) in [5, 5.41) is 21.6. The smallest absolute Gasteiger partial charge is 0.267 e. The zero-order valence-electron chi connectivity index (χ0n) is 21.4. The number of amidine groups is 1. The molecule has 2 amide bonds. The highest BCUT2D eigenvalue weighted by molar-refractivity contribution is 8.18. The molecule has 0 atom stereocenters. The number of nitrogens with one attached hydrogen (secondary N) is 1. The third-order valence-electron chi connectivity index (χ3n) is 5.72. The average Bonchev–Trinajstić information content (AvgIpc) is 3.59. The van der Waals surface area contributed by atoms with Gasteiger partial charge in [-0.1, -0.05) is 29.8 Å². The first-order valence-electron chi connectivity index (χ1n) is 12.4. The third kappa shape index (κ3) is 7.44. The van der Waals surface area contributed by atoms with Gasteiger partial charge < -0.3 is 19.6 Å². The number of aromatic hydroxyl groups is 1. The number of rotatable bonds is 9. The first-order chi connectivity index (χ1) is 19.9. The first-order valence-corrected chi connectivity index (χ1v) is 13.5. The van der Waals surface area contributed by atoms with E-state index in [4.69, 9.17) is 20.8 Å². The standard InChI is InChI=1S/C30H23ClN4O5S/c31-22-9-11-23(12-10-22)33-28(37)19-40-26-6-2-1-4-21(26)16-27-29(38)35(18-25-5-3-15-39-25)30(41-27)34-32-17-20-7-13-24(36)14-8-20/h1-17,36H,18-19H2,(H,33,37)/b27-16-,32-17+,34-30-. The minimum atomic E-state index is -0.341. The zero-order chi connectivity index (χ0) is 28.6. The van der Waals surface area contributed by atoms with Crippen LogP contribution in [0.25, 0.3) is 6.08 Å². The monoisotopic (exact) mass is 586 g/mol. The highest BCUT2D eigenvalue weighted by Crippen LogP contribution is 2.35. The molecule has 0 unspecified atom stereocenters. The van der Waals surface area contributed by atoms with Gasteiger partial charge in [-0.25, -0.2) is 0 Å². The molecule has 4 aromatic rings. The van der Waals surface area contributed by atoms with Crippen LogP contribution in [0.3, 0.4) is 0 Å². The molecule has 11 heteroatoms. The van der Waals surface area contributed by atoms with E-state index in [0.29, 0.717) is 37.9 Å². The van der Waals surface area contributed by atoms with E-state index in [0.717, 1.165) is 17.3 Å². The maximum absolute atomic E-state index is 13.4. The number of hydrogen-bond acceptors (Lipinski definition) is 8. The third-order valence-corrected chi connectivity index (χ3v) is 6.97. The van der Waals surface area contributed by atoms with E-state index in [9.17, 15) is 14.7 Å². The van der Waals surface area contributed by atoms with Crippen LogP contribution in [-0.2, 0) is 16.1 Å². The Kier molecular flexibility index (Phi) is 8.82.